The van der Waals surface area contributed by atoms with Crippen molar-refractivity contribution in [3.05, 3.63) is 23.2 Å². The average molecular weight is 372 g/mol. The number of rotatable bonds is 3. The summed E-state index contributed by atoms with van der Waals surface area (Å²) in [5.41, 5.74) is 6.40. The quantitative estimate of drug-likeness (QED) is 0.853. The summed E-state index contributed by atoms with van der Waals surface area (Å²) in [6.07, 6.45) is 1.48. The Morgan fingerprint density at radius 1 is 1.28 bits per heavy atom. The van der Waals surface area contributed by atoms with Crippen LogP contribution in [-0.4, -0.2) is 41.9 Å². The van der Waals surface area contributed by atoms with Crippen LogP contribution in [0, 0.1) is 19.3 Å². The van der Waals surface area contributed by atoms with Crippen molar-refractivity contribution in [2.24, 2.45) is 11.1 Å². The van der Waals surface area contributed by atoms with Crippen molar-refractivity contribution in [2.45, 2.75) is 59.5 Å². The van der Waals surface area contributed by atoms with E-state index in [1.165, 1.54) is 0 Å². The summed E-state index contributed by atoms with van der Waals surface area (Å²) in [6.45, 7) is 10.8. The summed E-state index contributed by atoms with van der Waals surface area (Å²) in [5.74, 6) is 1.25. The predicted octanol–water partition coefficient (Wildman–Crippen LogP) is 2.41. The zero-order valence-electron chi connectivity index (χ0n) is 15.7. The second-order valence-electron chi connectivity index (χ2n) is 7.74. The molecule has 0 unspecified atom stereocenters. The summed E-state index contributed by atoms with van der Waals surface area (Å²) in [4.78, 5) is 26.6. The summed E-state index contributed by atoms with van der Waals surface area (Å²) in [6, 6.07) is 1.33. The fourth-order valence-corrected chi connectivity index (χ4v) is 2.93. The molecule has 2 rings (SSSR count). The number of nitrogens with zero attached hydrogens (tertiary/aromatic N) is 1. The highest BCUT2D eigenvalue weighted by molar-refractivity contribution is 5.95. The van der Waals surface area contributed by atoms with E-state index in [0.717, 1.165) is 18.6 Å². The van der Waals surface area contributed by atoms with E-state index in [2.05, 4.69) is 5.32 Å². The van der Waals surface area contributed by atoms with Crippen LogP contribution in [0.5, 0.6) is 0 Å². The first-order valence-electron chi connectivity index (χ1n) is 8.52. The third kappa shape index (κ3) is 5.22. The Labute approximate surface area is 155 Å². The highest BCUT2D eigenvalue weighted by Crippen LogP contribution is 2.21. The lowest BCUT2D eigenvalue weighted by atomic mass is 9.86. The number of furan rings is 1. The van der Waals surface area contributed by atoms with Gasteiger partial charge < -0.3 is 20.4 Å². The molecule has 0 aliphatic carbocycles. The number of amides is 2. The van der Waals surface area contributed by atoms with Crippen molar-refractivity contribution in [1.29, 1.82) is 0 Å². The molecular formula is C18H30ClN3O3. The molecule has 1 atom stereocenters. The number of nitrogens with one attached hydrogen (secondary N) is 1. The second kappa shape index (κ2) is 8.23. The first-order valence-corrected chi connectivity index (χ1v) is 8.52. The van der Waals surface area contributed by atoms with Gasteiger partial charge in [0.25, 0.3) is 5.91 Å². The smallest absolute Gasteiger partial charge is 0.255 e. The minimum atomic E-state index is -0.500. The van der Waals surface area contributed by atoms with Crippen LogP contribution in [0.25, 0.3) is 0 Å². The Hall–Kier alpha value is -1.53. The fraction of sp³-hybridized carbons (Fsp3) is 0.667. The zero-order valence-corrected chi connectivity index (χ0v) is 16.5. The molecule has 1 aromatic rings. The van der Waals surface area contributed by atoms with Crippen LogP contribution in [0.2, 0.25) is 0 Å². The lowest BCUT2D eigenvalue weighted by Crippen LogP contribution is -2.54. The van der Waals surface area contributed by atoms with E-state index in [9.17, 15) is 9.59 Å². The summed E-state index contributed by atoms with van der Waals surface area (Å²) in [7, 11) is 0. The number of carbonyl (C=O) groups is 2. The molecule has 1 aliphatic rings. The van der Waals surface area contributed by atoms with Gasteiger partial charge in [0.05, 0.1) is 11.6 Å². The van der Waals surface area contributed by atoms with Crippen LogP contribution in [0.15, 0.2) is 10.5 Å². The number of aryl methyl sites for hydroxylation is 2. The minimum absolute atomic E-state index is 0. The Morgan fingerprint density at radius 3 is 2.28 bits per heavy atom. The number of halogens is 1. The Kier molecular flexibility index (Phi) is 7.08. The molecule has 2 amide bonds. The van der Waals surface area contributed by atoms with Crippen molar-refractivity contribution in [3.63, 3.8) is 0 Å². The maximum Gasteiger partial charge on any atom is 0.255 e. The lowest BCUT2D eigenvalue weighted by molar-refractivity contribution is -0.136. The average Bonchev–Trinajstić information content (AvgIpc) is 2.84. The van der Waals surface area contributed by atoms with Crippen LogP contribution < -0.4 is 11.1 Å². The van der Waals surface area contributed by atoms with Gasteiger partial charge in [0.2, 0.25) is 5.91 Å². The first-order chi connectivity index (χ1) is 11.1. The first kappa shape index (κ1) is 21.5. The molecule has 1 aliphatic heterocycles. The predicted molar refractivity (Wildman–Crippen MR) is 99.9 cm³/mol. The van der Waals surface area contributed by atoms with Gasteiger partial charge in [-0.1, -0.05) is 20.8 Å². The van der Waals surface area contributed by atoms with Gasteiger partial charge in [-0.3, -0.25) is 9.59 Å². The number of nitrogens with two attached hydrogens (primary N) is 1. The lowest BCUT2D eigenvalue weighted by Gasteiger charge is -2.36. The SMILES string of the molecule is Cc1cc(C(=O)NC2CCN(C(=O)[C@@H](N)C(C)(C)C)CC2)c(C)o1.Cl. The molecule has 0 bridgehead atoms. The molecular weight excluding hydrogens is 342 g/mol. The van der Waals surface area contributed by atoms with Gasteiger partial charge >= 0.3 is 0 Å². The van der Waals surface area contributed by atoms with Gasteiger partial charge in [-0.25, -0.2) is 0 Å². The topological polar surface area (TPSA) is 88.6 Å². The van der Waals surface area contributed by atoms with E-state index in [1.54, 1.807) is 13.0 Å². The summed E-state index contributed by atoms with van der Waals surface area (Å²) < 4.78 is 5.40. The largest absolute Gasteiger partial charge is 0.466 e. The van der Waals surface area contributed by atoms with E-state index < -0.39 is 6.04 Å². The second-order valence-corrected chi connectivity index (χ2v) is 7.74. The van der Waals surface area contributed by atoms with E-state index >= 15 is 0 Å². The van der Waals surface area contributed by atoms with Gasteiger partial charge in [0.15, 0.2) is 0 Å². The molecule has 3 N–H and O–H groups in total. The summed E-state index contributed by atoms with van der Waals surface area (Å²) in [5, 5.41) is 3.04. The van der Waals surface area contributed by atoms with Gasteiger partial charge in [-0.05, 0) is 38.2 Å². The van der Waals surface area contributed by atoms with Gasteiger partial charge in [0, 0.05) is 19.1 Å². The Balaban J connectivity index is 0.00000312. The van der Waals surface area contributed by atoms with E-state index in [4.69, 9.17) is 10.2 Å². The third-order valence-corrected chi connectivity index (χ3v) is 4.63. The number of carbonyl (C=O) groups excluding carboxylic acids is 2. The summed E-state index contributed by atoms with van der Waals surface area (Å²) >= 11 is 0. The molecule has 1 fully saturated rings. The van der Waals surface area contributed by atoms with Crippen LogP contribution in [0.4, 0.5) is 0 Å². The molecule has 2 heterocycles. The Morgan fingerprint density at radius 2 is 1.84 bits per heavy atom. The molecule has 0 spiro atoms. The molecule has 0 saturated carbocycles. The van der Waals surface area contributed by atoms with Crippen LogP contribution in [0.3, 0.4) is 0 Å². The highest BCUT2D eigenvalue weighted by Gasteiger charge is 2.33. The van der Waals surface area contributed by atoms with E-state index in [-0.39, 0.29) is 35.7 Å². The van der Waals surface area contributed by atoms with Crippen molar-refractivity contribution in [3.8, 4) is 0 Å². The van der Waals surface area contributed by atoms with E-state index in [1.807, 2.05) is 32.6 Å². The van der Waals surface area contributed by atoms with Gasteiger partial charge in [-0.15, -0.1) is 12.4 Å². The van der Waals surface area contributed by atoms with Gasteiger partial charge in [0.1, 0.15) is 11.5 Å². The number of hydrogen-bond donors (Lipinski definition) is 2. The number of piperidine rings is 1. The van der Waals surface area contributed by atoms with E-state index in [0.29, 0.717) is 24.4 Å². The number of likely N-dealkylation sites (tertiary alicyclic amines) is 1. The van der Waals surface area contributed by atoms with Crippen molar-refractivity contribution >= 4 is 24.2 Å². The molecule has 0 aromatic carbocycles. The van der Waals surface area contributed by atoms with Crippen molar-refractivity contribution in [1.82, 2.24) is 10.2 Å². The van der Waals surface area contributed by atoms with Crippen molar-refractivity contribution < 1.29 is 14.0 Å². The van der Waals surface area contributed by atoms with Crippen molar-refractivity contribution in [2.75, 3.05) is 13.1 Å². The van der Waals surface area contributed by atoms with Crippen LogP contribution in [-0.2, 0) is 4.79 Å². The zero-order chi connectivity index (χ0) is 18.1. The molecule has 7 heteroatoms. The third-order valence-electron chi connectivity index (χ3n) is 4.63. The van der Waals surface area contributed by atoms with Gasteiger partial charge in [-0.2, -0.15) is 0 Å². The Bertz CT molecular complexity index is 614. The monoisotopic (exact) mass is 371 g/mol. The molecule has 1 saturated heterocycles. The maximum absolute atomic E-state index is 12.4. The molecule has 0 radical (unpaired) electrons. The molecule has 142 valence electrons. The fourth-order valence-electron chi connectivity index (χ4n) is 2.93. The normalized spacial score (nSPS) is 17.0. The van der Waals surface area contributed by atoms with Crippen LogP contribution in [0.1, 0.15) is 55.5 Å². The highest BCUT2D eigenvalue weighted by atomic mass is 35.5. The standard InChI is InChI=1S/C18H29N3O3.ClH/c1-11-10-14(12(2)24-11)16(22)20-13-6-8-21(9-7-13)17(23)15(19)18(3,4)5;/h10,13,15H,6-9,19H2,1-5H3,(H,20,22);1H/t15-;/m1./s1. The molecule has 6 nitrogen and oxygen atoms in total. The van der Waals surface area contributed by atoms with Crippen LogP contribution >= 0.6 is 12.4 Å². The minimum Gasteiger partial charge on any atom is -0.466 e. The maximum atomic E-state index is 12.4. The molecule has 1 aromatic heterocycles. The number of hydrogen-bond acceptors (Lipinski definition) is 4. The molecule has 25 heavy (non-hydrogen) atoms.